The van der Waals surface area contributed by atoms with Crippen molar-refractivity contribution in [1.82, 2.24) is 10.2 Å². The van der Waals surface area contributed by atoms with Crippen LogP contribution < -0.4 is 11.1 Å². The van der Waals surface area contributed by atoms with Crippen LogP contribution >= 0.6 is 0 Å². The summed E-state index contributed by atoms with van der Waals surface area (Å²) in [5.41, 5.74) is 5.52. The fourth-order valence-electron chi connectivity index (χ4n) is 1.39. The van der Waals surface area contributed by atoms with Crippen molar-refractivity contribution in [3.05, 3.63) is 35.6 Å². The van der Waals surface area contributed by atoms with Crippen LogP contribution in [-0.4, -0.2) is 37.0 Å². The molecule has 6 heteroatoms. The molecule has 0 heterocycles. The molecule has 0 spiro atoms. The van der Waals surface area contributed by atoms with Gasteiger partial charge in [-0.1, -0.05) is 18.2 Å². The zero-order chi connectivity index (χ0) is 13.5. The highest BCUT2D eigenvalue weighted by Gasteiger charge is 2.09. The molecule has 0 saturated heterocycles. The molecule has 0 aliphatic heterocycles. The van der Waals surface area contributed by atoms with Crippen molar-refractivity contribution >= 4 is 11.9 Å². The lowest BCUT2D eigenvalue weighted by Gasteiger charge is -2.13. The first-order chi connectivity index (χ1) is 8.50. The Morgan fingerprint density at radius 1 is 1.39 bits per heavy atom. The fraction of sp³-hybridized carbons (Fsp3) is 0.333. The molecule has 0 radical (unpaired) electrons. The van der Waals surface area contributed by atoms with Gasteiger partial charge in [0.1, 0.15) is 12.4 Å². The van der Waals surface area contributed by atoms with E-state index in [4.69, 9.17) is 5.73 Å². The second-order valence-corrected chi connectivity index (χ2v) is 3.89. The summed E-state index contributed by atoms with van der Waals surface area (Å²) >= 11 is 0. The first kappa shape index (κ1) is 14.0. The third kappa shape index (κ3) is 4.40. The molecule has 1 aromatic carbocycles. The van der Waals surface area contributed by atoms with Crippen molar-refractivity contribution in [2.45, 2.75) is 6.42 Å². The molecular weight excluding hydrogens is 237 g/mol. The molecular formula is C12H16FN3O2. The number of primary amides is 1. The fourth-order valence-corrected chi connectivity index (χ4v) is 1.39. The van der Waals surface area contributed by atoms with Crippen molar-refractivity contribution in [1.29, 1.82) is 0 Å². The summed E-state index contributed by atoms with van der Waals surface area (Å²) in [4.78, 5) is 23.2. The molecule has 0 saturated carbocycles. The van der Waals surface area contributed by atoms with Crippen LogP contribution in [0, 0.1) is 5.82 Å². The van der Waals surface area contributed by atoms with E-state index in [2.05, 4.69) is 5.32 Å². The van der Waals surface area contributed by atoms with Crippen LogP contribution in [0.3, 0.4) is 0 Å². The van der Waals surface area contributed by atoms with E-state index in [0.717, 1.165) is 4.90 Å². The third-order valence-corrected chi connectivity index (χ3v) is 2.43. The Bertz CT molecular complexity index is 437. The highest BCUT2D eigenvalue weighted by molar-refractivity contribution is 5.83. The minimum Gasteiger partial charge on any atom is -0.354 e. The normalized spacial score (nSPS) is 9.89. The maximum Gasteiger partial charge on any atom is 0.314 e. The molecule has 1 rings (SSSR count). The van der Waals surface area contributed by atoms with Crippen molar-refractivity contribution < 1.29 is 14.0 Å². The van der Waals surface area contributed by atoms with Crippen LogP contribution in [0.15, 0.2) is 24.3 Å². The molecule has 5 nitrogen and oxygen atoms in total. The molecule has 1 aromatic rings. The first-order valence-electron chi connectivity index (χ1n) is 5.51. The molecule has 3 N–H and O–H groups in total. The van der Waals surface area contributed by atoms with E-state index in [1.165, 1.54) is 13.1 Å². The largest absolute Gasteiger partial charge is 0.354 e. The van der Waals surface area contributed by atoms with Crippen molar-refractivity contribution in [2.24, 2.45) is 5.73 Å². The predicted molar refractivity (Wildman–Crippen MR) is 65.3 cm³/mol. The molecule has 0 atom stereocenters. The van der Waals surface area contributed by atoms with E-state index < -0.39 is 6.03 Å². The predicted octanol–water partition coefficient (Wildman–Crippen LogP) is 0.495. The number of nitrogens with one attached hydrogen (secondary N) is 1. The zero-order valence-electron chi connectivity index (χ0n) is 10.1. The third-order valence-electron chi connectivity index (χ3n) is 2.43. The van der Waals surface area contributed by atoms with Crippen LogP contribution in [0.4, 0.5) is 9.18 Å². The summed E-state index contributed by atoms with van der Waals surface area (Å²) in [6.45, 7) is 0.207. The summed E-state index contributed by atoms with van der Waals surface area (Å²) in [7, 11) is 1.43. The molecule has 0 aliphatic carbocycles. The minimum atomic E-state index is -0.667. The Hall–Kier alpha value is -2.11. The van der Waals surface area contributed by atoms with Crippen molar-refractivity contribution in [3.8, 4) is 0 Å². The Morgan fingerprint density at radius 2 is 2.06 bits per heavy atom. The molecule has 0 fully saturated rings. The number of likely N-dealkylation sites (N-methyl/N-ethyl adjacent to an activating group) is 1. The van der Waals surface area contributed by atoms with E-state index in [0.29, 0.717) is 18.5 Å². The summed E-state index contributed by atoms with van der Waals surface area (Å²) in [6, 6.07) is 5.72. The number of carbonyl (C=O) groups excluding carboxylic acids is 2. The molecule has 0 unspecified atom stereocenters. The lowest BCUT2D eigenvalue weighted by atomic mass is 10.1. The van der Waals surface area contributed by atoms with Crippen molar-refractivity contribution in [2.75, 3.05) is 20.1 Å². The Balaban J connectivity index is 2.32. The van der Waals surface area contributed by atoms with Gasteiger partial charge in [-0.2, -0.15) is 0 Å². The zero-order valence-corrected chi connectivity index (χ0v) is 10.1. The summed E-state index contributed by atoms with van der Waals surface area (Å²) in [6.07, 6.45) is 0.401. The van der Waals surface area contributed by atoms with Crippen LogP contribution in [-0.2, 0) is 11.2 Å². The van der Waals surface area contributed by atoms with Gasteiger partial charge in [0.2, 0.25) is 5.91 Å². The van der Waals surface area contributed by atoms with Crippen molar-refractivity contribution in [3.63, 3.8) is 0 Å². The number of carbonyl (C=O) groups is 2. The topological polar surface area (TPSA) is 75.4 Å². The number of nitrogens with two attached hydrogens (primary N) is 1. The molecule has 0 aromatic heterocycles. The first-order valence-corrected chi connectivity index (χ1v) is 5.51. The van der Waals surface area contributed by atoms with Gasteiger partial charge in [0.05, 0.1) is 0 Å². The smallest absolute Gasteiger partial charge is 0.314 e. The Kier molecular flexibility index (Phi) is 5.10. The van der Waals surface area contributed by atoms with Crippen LogP contribution in [0.25, 0.3) is 0 Å². The van der Waals surface area contributed by atoms with Gasteiger partial charge in [0.15, 0.2) is 0 Å². The second-order valence-electron chi connectivity index (χ2n) is 3.89. The molecule has 3 amide bonds. The number of amides is 3. The maximum atomic E-state index is 13.2. The van der Waals surface area contributed by atoms with Gasteiger partial charge in [0.25, 0.3) is 0 Å². The summed E-state index contributed by atoms with van der Waals surface area (Å²) in [5.74, 6) is -0.617. The van der Waals surface area contributed by atoms with Gasteiger partial charge in [0, 0.05) is 13.6 Å². The summed E-state index contributed by atoms with van der Waals surface area (Å²) in [5, 5.41) is 2.59. The standard InChI is InChI=1S/C12H16FN3O2/c1-16(12(14)18)8-11(17)15-7-6-9-4-2-3-5-10(9)13/h2-5H,6-8H2,1H3,(H2,14,18)(H,15,17). The number of rotatable bonds is 5. The number of halogens is 1. The van der Waals surface area contributed by atoms with Crippen LogP contribution in [0.1, 0.15) is 5.56 Å². The summed E-state index contributed by atoms with van der Waals surface area (Å²) < 4.78 is 13.2. The van der Waals surface area contributed by atoms with E-state index >= 15 is 0 Å². The monoisotopic (exact) mass is 253 g/mol. The van der Waals surface area contributed by atoms with Gasteiger partial charge >= 0.3 is 6.03 Å². The van der Waals surface area contributed by atoms with E-state index in [1.54, 1.807) is 18.2 Å². The number of hydrogen-bond donors (Lipinski definition) is 2. The van der Waals surface area contributed by atoms with Gasteiger partial charge in [-0.15, -0.1) is 0 Å². The molecule has 0 bridgehead atoms. The second kappa shape index (κ2) is 6.58. The molecule has 0 aliphatic rings. The minimum absolute atomic E-state index is 0.105. The SMILES string of the molecule is CN(CC(=O)NCCc1ccccc1F)C(N)=O. The van der Waals surface area contributed by atoms with E-state index in [-0.39, 0.29) is 18.3 Å². The quantitative estimate of drug-likeness (QED) is 0.801. The van der Waals surface area contributed by atoms with Gasteiger partial charge in [-0.05, 0) is 18.1 Å². The highest BCUT2D eigenvalue weighted by atomic mass is 19.1. The number of urea groups is 1. The lowest BCUT2D eigenvalue weighted by molar-refractivity contribution is -0.121. The Morgan fingerprint density at radius 3 is 2.67 bits per heavy atom. The molecule has 98 valence electrons. The van der Waals surface area contributed by atoms with Gasteiger partial charge in [-0.3, -0.25) is 4.79 Å². The average molecular weight is 253 g/mol. The molecule has 18 heavy (non-hydrogen) atoms. The lowest BCUT2D eigenvalue weighted by Crippen LogP contribution is -2.41. The van der Waals surface area contributed by atoms with Crippen LogP contribution in [0.2, 0.25) is 0 Å². The average Bonchev–Trinajstić information content (AvgIpc) is 2.31. The number of hydrogen-bond acceptors (Lipinski definition) is 2. The van der Waals surface area contributed by atoms with E-state index in [9.17, 15) is 14.0 Å². The highest BCUT2D eigenvalue weighted by Crippen LogP contribution is 2.05. The maximum absolute atomic E-state index is 13.2. The van der Waals surface area contributed by atoms with Crippen LogP contribution in [0.5, 0.6) is 0 Å². The number of nitrogens with zero attached hydrogens (tertiary/aromatic N) is 1. The Labute approximate surface area is 105 Å². The van der Waals surface area contributed by atoms with Gasteiger partial charge < -0.3 is 16.0 Å². The van der Waals surface area contributed by atoms with Gasteiger partial charge in [-0.25, -0.2) is 9.18 Å². The van der Waals surface area contributed by atoms with E-state index in [1.807, 2.05) is 0 Å². The number of benzene rings is 1.